The normalized spacial score (nSPS) is 11.8. The molecule has 0 heterocycles. The van der Waals surface area contributed by atoms with E-state index in [1.165, 1.54) is 0 Å². The molecule has 0 aromatic heterocycles. The molecule has 1 unspecified atom stereocenters. The Bertz CT molecular complexity index is 631. The van der Waals surface area contributed by atoms with E-state index in [0.717, 1.165) is 12.0 Å². The van der Waals surface area contributed by atoms with Gasteiger partial charge < -0.3 is 14.7 Å². The van der Waals surface area contributed by atoms with E-state index in [2.05, 4.69) is 0 Å². The monoisotopic (exact) mass is 347 g/mol. The molecular formula is C19H22ClNO3. The molecule has 1 N–H and O–H groups in total. The number of aliphatic hydroxyl groups excluding tert-OH is 1. The second kappa shape index (κ2) is 9.30. The first-order valence-corrected chi connectivity index (χ1v) is 8.33. The average Bonchev–Trinajstić information content (AvgIpc) is 2.61. The lowest BCUT2D eigenvalue weighted by Crippen LogP contribution is -2.43. The fraction of sp³-hybridized carbons (Fsp3) is 0.316. The third kappa shape index (κ3) is 5.55. The fourth-order valence-corrected chi connectivity index (χ4v) is 2.51. The van der Waals surface area contributed by atoms with Crippen LogP contribution in [0.4, 0.5) is 0 Å². The van der Waals surface area contributed by atoms with E-state index in [4.69, 9.17) is 16.3 Å². The quantitative estimate of drug-likeness (QED) is 0.798. The molecule has 128 valence electrons. The molecule has 0 saturated carbocycles. The first kappa shape index (κ1) is 18.3. The van der Waals surface area contributed by atoms with Crippen LogP contribution in [-0.2, 0) is 11.2 Å². The SMILES string of the molecule is CC(Oc1ccc(Cl)cc1)C(=O)N(CCO)CCc1ccccc1. The van der Waals surface area contributed by atoms with Gasteiger partial charge >= 0.3 is 0 Å². The zero-order valence-electron chi connectivity index (χ0n) is 13.7. The molecule has 1 atom stereocenters. The summed E-state index contributed by atoms with van der Waals surface area (Å²) in [5.41, 5.74) is 1.15. The summed E-state index contributed by atoms with van der Waals surface area (Å²) in [6, 6.07) is 16.8. The van der Waals surface area contributed by atoms with Crippen LogP contribution in [0.25, 0.3) is 0 Å². The van der Waals surface area contributed by atoms with Crippen molar-refractivity contribution in [2.75, 3.05) is 19.7 Å². The van der Waals surface area contributed by atoms with Gasteiger partial charge in [-0.3, -0.25) is 4.79 Å². The molecule has 0 aliphatic carbocycles. The number of benzene rings is 2. The Kier molecular flexibility index (Phi) is 7.09. The Morgan fingerprint density at radius 3 is 2.42 bits per heavy atom. The molecule has 0 fully saturated rings. The van der Waals surface area contributed by atoms with E-state index < -0.39 is 6.10 Å². The van der Waals surface area contributed by atoms with Crippen LogP contribution in [-0.4, -0.2) is 41.7 Å². The highest BCUT2D eigenvalue weighted by Crippen LogP contribution is 2.17. The molecule has 0 aliphatic heterocycles. The van der Waals surface area contributed by atoms with Gasteiger partial charge in [0.25, 0.3) is 5.91 Å². The fourth-order valence-electron chi connectivity index (χ4n) is 2.39. The van der Waals surface area contributed by atoms with Gasteiger partial charge in [-0.15, -0.1) is 0 Å². The van der Waals surface area contributed by atoms with Crippen LogP contribution in [0.2, 0.25) is 5.02 Å². The van der Waals surface area contributed by atoms with Crippen LogP contribution in [0.1, 0.15) is 12.5 Å². The number of aliphatic hydroxyl groups is 1. The Hall–Kier alpha value is -2.04. The number of rotatable bonds is 8. The lowest BCUT2D eigenvalue weighted by molar-refractivity contribution is -0.138. The van der Waals surface area contributed by atoms with Gasteiger partial charge in [0.05, 0.1) is 6.61 Å². The predicted octanol–water partition coefficient (Wildman–Crippen LogP) is 3.17. The summed E-state index contributed by atoms with van der Waals surface area (Å²) in [6.45, 7) is 2.47. The molecule has 2 rings (SSSR count). The Labute approximate surface area is 147 Å². The van der Waals surface area contributed by atoms with Gasteiger partial charge in [-0.2, -0.15) is 0 Å². The second-order valence-corrected chi connectivity index (χ2v) is 5.93. The highest BCUT2D eigenvalue weighted by atomic mass is 35.5. The van der Waals surface area contributed by atoms with E-state index >= 15 is 0 Å². The highest BCUT2D eigenvalue weighted by Gasteiger charge is 2.21. The molecule has 2 aromatic carbocycles. The average molecular weight is 348 g/mol. The molecular weight excluding hydrogens is 326 g/mol. The van der Waals surface area contributed by atoms with Crippen molar-refractivity contribution in [1.29, 1.82) is 0 Å². The number of hydrogen-bond acceptors (Lipinski definition) is 3. The first-order valence-electron chi connectivity index (χ1n) is 7.96. The Morgan fingerprint density at radius 2 is 1.79 bits per heavy atom. The molecule has 4 nitrogen and oxygen atoms in total. The number of nitrogens with zero attached hydrogens (tertiary/aromatic N) is 1. The number of carbonyl (C=O) groups excluding carboxylic acids is 1. The van der Waals surface area contributed by atoms with E-state index in [-0.39, 0.29) is 12.5 Å². The molecule has 2 aromatic rings. The summed E-state index contributed by atoms with van der Waals surface area (Å²) in [5, 5.41) is 9.85. The Balaban J connectivity index is 1.95. The van der Waals surface area contributed by atoms with E-state index in [1.54, 1.807) is 36.1 Å². The third-order valence-corrected chi connectivity index (χ3v) is 3.92. The summed E-state index contributed by atoms with van der Waals surface area (Å²) in [6.07, 6.45) is 0.105. The summed E-state index contributed by atoms with van der Waals surface area (Å²) in [7, 11) is 0. The Morgan fingerprint density at radius 1 is 1.12 bits per heavy atom. The van der Waals surface area contributed by atoms with Crippen LogP contribution >= 0.6 is 11.6 Å². The van der Waals surface area contributed by atoms with Gasteiger partial charge in [-0.05, 0) is 43.2 Å². The first-order chi connectivity index (χ1) is 11.6. The zero-order chi connectivity index (χ0) is 17.4. The maximum Gasteiger partial charge on any atom is 0.263 e. The number of amides is 1. The molecule has 0 bridgehead atoms. The smallest absolute Gasteiger partial charge is 0.263 e. The van der Waals surface area contributed by atoms with Crippen molar-refractivity contribution in [3.8, 4) is 5.75 Å². The maximum atomic E-state index is 12.6. The molecule has 0 spiro atoms. The summed E-state index contributed by atoms with van der Waals surface area (Å²) in [4.78, 5) is 14.2. The van der Waals surface area contributed by atoms with Gasteiger partial charge in [0.1, 0.15) is 5.75 Å². The van der Waals surface area contributed by atoms with Crippen LogP contribution in [0, 0.1) is 0 Å². The van der Waals surface area contributed by atoms with Crippen molar-refractivity contribution in [1.82, 2.24) is 4.90 Å². The lowest BCUT2D eigenvalue weighted by Gasteiger charge is -2.25. The number of hydrogen-bond donors (Lipinski definition) is 1. The summed E-state index contributed by atoms with van der Waals surface area (Å²) < 4.78 is 5.68. The van der Waals surface area contributed by atoms with Gasteiger partial charge in [-0.25, -0.2) is 0 Å². The van der Waals surface area contributed by atoms with Crippen molar-refractivity contribution in [2.45, 2.75) is 19.4 Å². The largest absolute Gasteiger partial charge is 0.481 e. The van der Waals surface area contributed by atoms with Gasteiger partial charge in [-0.1, -0.05) is 41.9 Å². The van der Waals surface area contributed by atoms with E-state index in [1.807, 2.05) is 30.3 Å². The van der Waals surface area contributed by atoms with Gasteiger partial charge in [0, 0.05) is 18.1 Å². The standard InChI is InChI=1S/C19H22ClNO3/c1-15(24-18-9-7-17(20)8-10-18)19(23)21(13-14-22)12-11-16-5-3-2-4-6-16/h2-10,15,22H,11-14H2,1H3. The number of ether oxygens (including phenoxy) is 1. The predicted molar refractivity (Wildman–Crippen MR) is 95.4 cm³/mol. The minimum absolute atomic E-state index is 0.0752. The van der Waals surface area contributed by atoms with Crippen molar-refractivity contribution >= 4 is 17.5 Å². The number of halogens is 1. The minimum Gasteiger partial charge on any atom is -0.481 e. The van der Waals surface area contributed by atoms with Crippen molar-refractivity contribution in [3.63, 3.8) is 0 Å². The molecule has 0 aliphatic rings. The molecule has 5 heteroatoms. The molecule has 0 saturated heterocycles. The molecule has 0 radical (unpaired) electrons. The van der Waals surface area contributed by atoms with Crippen LogP contribution in [0.3, 0.4) is 0 Å². The van der Waals surface area contributed by atoms with Crippen molar-refractivity contribution in [3.05, 3.63) is 65.2 Å². The van der Waals surface area contributed by atoms with Crippen LogP contribution in [0.15, 0.2) is 54.6 Å². The highest BCUT2D eigenvalue weighted by molar-refractivity contribution is 6.30. The minimum atomic E-state index is -0.631. The maximum absolute atomic E-state index is 12.6. The van der Waals surface area contributed by atoms with Gasteiger partial charge in [0.2, 0.25) is 0 Å². The van der Waals surface area contributed by atoms with Crippen molar-refractivity contribution < 1.29 is 14.6 Å². The topological polar surface area (TPSA) is 49.8 Å². The second-order valence-electron chi connectivity index (χ2n) is 5.50. The van der Waals surface area contributed by atoms with Crippen molar-refractivity contribution in [2.24, 2.45) is 0 Å². The lowest BCUT2D eigenvalue weighted by atomic mass is 10.1. The summed E-state index contributed by atoms with van der Waals surface area (Å²) >= 11 is 5.84. The van der Waals surface area contributed by atoms with Crippen LogP contribution < -0.4 is 4.74 Å². The third-order valence-electron chi connectivity index (χ3n) is 3.67. The van der Waals surface area contributed by atoms with Gasteiger partial charge in [0.15, 0.2) is 6.10 Å². The molecule has 24 heavy (non-hydrogen) atoms. The zero-order valence-corrected chi connectivity index (χ0v) is 14.4. The number of carbonyl (C=O) groups is 1. The van der Waals surface area contributed by atoms with E-state index in [0.29, 0.717) is 23.9 Å². The summed E-state index contributed by atoms with van der Waals surface area (Å²) in [5.74, 6) is 0.446. The molecule has 1 amide bonds. The van der Waals surface area contributed by atoms with E-state index in [9.17, 15) is 9.90 Å². The van der Waals surface area contributed by atoms with Crippen LogP contribution in [0.5, 0.6) is 5.75 Å².